The van der Waals surface area contributed by atoms with Crippen molar-refractivity contribution in [2.45, 2.75) is 6.54 Å². The van der Waals surface area contributed by atoms with E-state index in [1.54, 1.807) is 17.0 Å². The number of hydrogen-bond donors (Lipinski definition) is 1. The van der Waals surface area contributed by atoms with Gasteiger partial charge in [0, 0.05) is 23.3 Å². The van der Waals surface area contributed by atoms with E-state index in [1.165, 1.54) is 0 Å². The van der Waals surface area contributed by atoms with Crippen LogP contribution in [0, 0.1) is 4.91 Å². The van der Waals surface area contributed by atoms with Crippen molar-refractivity contribution in [1.29, 1.82) is 0 Å². The highest BCUT2D eigenvalue weighted by Crippen LogP contribution is 2.40. The third-order valence-electron chi connectivity index (χ3n) is 4.28. The van der Waals surface area contributed by atoms with Crippen molar-refractivity contribution in [3.05, 3.63) is 83.5 Å². The van der Waals surface area contributed by atoms with Crippen molar-refractivity contribution >= 4 is 16.6 Å². The van der Waals surface area contributed by atoms with Gasteiger partial charge in [0.05, 0.1) is 12.1 Å². The summed E-state index contributed by atoms with van der Waals surface area (Å²) in [6, 6.07) is 19.3. The van der Waals surface area contributed by atoms with Crippen LogP contribution in [0.2, 0.25) is 0 Å². The number of aromatic hydroxyl groups is 1. The quantitative estimate of drug-likeness (QED) is 0.544. The Morgan fingerprint density at radius 3 is 2.56 bits per heavy atom. The van der Waals surface area contributed by atoms with E-state index in [-0.39, 0.29) is 11.6 Å². The van der Waals surface area contributed by atoms with Crippen LogP contribution in [0.3, 0.4) is 0 Å². The number of pyridine rings is 1. The molecule has 5 nitrogen and oxygen atoms in total. The Kier molecular flexibility index (Phi) is 3.74. The van der Waals surface area contributed by atoms with Gasteiger partial charge in [0.2, 0.25) is 5.88 Å². The predicted octanol–water partition coefficient (Wildman–Crippen LogP) is 4.86. The van der Waals surface area contributed by atoms with Crippen molar-refractivity contribution in [2.24, 2.45) is 5.18 Å². The highest BCUT2D eigenvalue weighted by molar-refractivity contribution is 5.97. The van der Waals surface area contributed by atoms with Gasteiger partial charge < -0.3 is 9.67 Å². The Hall–Kier alpha value is -3.47. The first-order valence-electron chi connectivity index (χ1n) is 7.91. The second-order valence-electron chi connectivity index (χ2n) is 5.81. The van der Waals surface area contributed by atoms with E-state index in [4.69, 9.17) is 0 Å². The molecule has 0 aliphatic heterocycles. The summed E-state index contributed by atoms with van der Waals surface area (Å²) in [7, 11) is 0. The fourth-order valence-corrected chi connectivity index (χ4v) is 3.05. The topological polar surface area (TPSA) is 67.5 Å². The average molecular weight is 329 g/mol. The first-order chi connectivity index (χ1) is 12.3. The molecule has 0 fully saturated rings. The van der Waals surface area contributed by atoms with Gasteiger partial charge in [-0.3, -0.25) is 4.98 Å². The van der Waals surface area contributed by atoms with Gasteiger partial charge in [-0.15, -0.1) is 4.91 Å². The zero-order valence-electron chi connectivity index (χ0n) is 13.3. The van der Waals surface area contributed by atoms with Gasteiger partial charge >= 0.3 is 0 Å². The molecule has 122 valence electrons. The number of fused-ring (bicyclic) bond motifs is 1. The van der Waals surface area contributed by atoms with E-state index in [2.05, 4.69) is 10.2 Å². The van der Waals surface area contributed by atoms with Gasteiger partial charge in [0.1, 0.15) is 0 Å². The van der Waals surface area contributed by atoms with E-state index in [1.807, 2.05) is 60.7 Å². The van der Waals surface area contributed by atoms with Gasteiger partial charge in [-0.05, 0) is 34.5 Å². The second kappa shape index (κ2) is 6.20. The number of nitroso groups, excluding NO2 is 1. The monoisotopic (exact) mass is 329 g/mol. The SMILES string of the molecule is O=Nc1c(O)n(Cc2ccccc2)c2ccc(-c3cccnc3)cc12. The molecular weight excluding hydrogens is 314 g/mol. The van der Waals surface area contributed by atoms with Gasteiger partial charge in [0.15, 0.2) is 5.69 Å². The third-order valence-corrected chi connectivity index (χ3v) is 4.28. The minimum atomic E-state index is -0.114. The van der Waals surface area contributed by atoms with E-state index >= 15 is 0 Å². The summed E-state index contributed by atoms with van der Waals surface area (Å²) in [5.41, 5.74) is 3.72. The normalized spacial score (nSPS) is 10.9. The fraction of sp³-hybridized carbons (Fsp3) is 0.0500. The molecule has 2 heterocycles. The smallest absolute Gasteiger partial charge is 0.222 e. The molecule has 5 heteroatoms. The molecule has 0 amide bonds. The molecule has 0 saturated heterocycles. The summed E-state index contributed by atoms with van der Waals surface area (Å²) in [6.45, 7) is 0.463. The maximum absolute atomic E-state index is 11.3. The van der Waals surface area contributed by atoms with Crippen LogP contribution in [0.5, 0.6) is 5.88 Å². The van der Waals surface area contributed by atoms with Gasteiger partial charge in [-0.2, -0.15) is 0 Å². The van der Waals surface area contributed by atoms with Crippen LogP contribution in [0.1, 0.15) is 5.56 Å². The lowest BCUT2D eigenvalue weighted by atomic mass is 10.1. The van der Waals surface area contributed by atoms with Crippen molar-refractivity contribution in [1.82, 2.24) is 9.55 Å². The average Bonchev–Trinajstić information content (AvgIpc) is 2.94. The number of benzene rings is 2. The third kappa shape index (κ3) is 2.65. The highest BCUT2D eigenvalue weighted by Gasteiger charge is 2.18. The summed E-state index contributed by atoms with van der Waals surface area (Å²) in [5.74, 6) is -0.114. The number of rotatable bonds is 4. The largest absolute Gasteiger partial charge is 0.493 e. The molecule has 4 aromatic rings. The zero-order chi connectivity index (χ0) is 17.2. The lowest BCUT2D eigenvalue weighted by Gasteiger charge is -2.07. The van der Waals surface area contributed by atoms with Gasteiger partial charge in [0.25, 0.3) is 0 Å². The maximum atomic E-state index is 11.3. The molecule has 1 N–H and O–H groups in total. The number of aromatic nitrogens is 2. The molecule has 2 aromatic heterocycles. The van der Waals surface area contributed by atoms with Crippen LogP contribution < -0.4 is 0 Å². The lowest BCUT2D eigenvalue weighted by molar-refractivity contribution is 0.430. The molecule has 0 spiro atoms. The summed E-state index contributed by atoms with van der Waals surface area (Å²) in [6.07, 6.45) is 3.47. The molecule has 0 atom stereocenters. The maximum Gasteiger partial charge on any atom is 0.222 e. The summed E-state index contributed by atoms with van der Waals surface area (Å²) >= 11 is 0. The Balaban J connectivity index is 1.88. The molecule has 2 aromatic carbocycles. The van der Waals surface area contributed by atoms with Gasteiger partial charge in [-0.1, -0.05) is 42.5 Å². The van der Waals surface area contributed by atoms with Crippen molar-refractivity contribution in [3.8, 4) is 17.0 Å². The van der Waals surface area contributed by atoms with Crippen molar-refractivity contribution < 1.29 is 5.11 Å². The first-order valence-corrected chi connectivity index (χ1v) is 7.91. The number of nitrogens with zero attached hydrogens (tertiary/aromatic N) is 3. The first kappa shape index (κ1) is 15.1. The zero-order valence-corrected chi connectivity index (χ0v) is 13.3. The van der Waals surface area contributed by atoms with E-state index in [0.29, 0.717) is 11.9 Å². The molecule has 25 heavy (non-hydrogen) atoms. The Labute approximate surface area is 144 Å². The van der Waals surface area contributed by atoms with Crippen LogP contribution in [-0.2, 0) is 6.54 Å². The molecule has 0 saturated carbocycles. The molecule has 0 bridgehead atoms. The molecular formula is C20H15N3O2. The van der Waals surface area contributed by atoms with Crippen LogP contribution in [0.4, 0.5) is 5.69 Å². The number of hydrogen-bond acceptors (Lipinski definition) is 4. The summed E-state index contributed by atoms with van der Waals surface area (Å²) < 4.78 is 1.70. The van der Waals surface area contributed by atoms with Gasteiger partial charge in [-0.25, -0.2) is 0 Å². The lowest BCUT2D eigenvalue weighted by Crippen LogP contribution is -1.98. The van der Waals surface area contributed by atoms with Crippen LogP contribution in [0.25, 0.3) is 22.0 Å². The minimum absolute atomic E-state index is 0.0664. The Morgan fingerprint density at radius 2 is 1.84 bits per heavy atom. The highest BCUT2D eigenvalue weighted by atomic mass is 16.3. The molecule has 0 aliphatic rings. The van der Waals surface area contributed by atoms with Crippen molar-refractivity contribution in [3.63, 3.8) is 0 Å². The summed E-state index contributed by atoms with van der Waals surface area (Å²) in [5, 5.41) is 14.2. The molecule has 0 unspecified atom stereocenters. The molecule has 0 aliphatic carbocycles. The standard InChI is InChI=1S/C20H15N3O2/c24-20-19(22-25)17-11-15(16-7-4-10-21-12-16)8-9-18(17)23(20)13-14-5-2-1-3-6-14/h1-12,24H,13H2. The minimum Gasteiger partial charge on any atom is -0.493 e. The second-order valence-corrected chi connectivity index (χ2v) is 5.81. The molecule has 4 rings (SSSR count). The summed E-state index contributed by atoms with van der Waals surface area (Å²) in [4.78, 5) is 15.4. The van der Waals surface area contributed by atoms with E-state index in [9.17, 15) is 10.0 Å². The van der Waals surface area contributed by atoms with E-state index in [0.717, 1.165) is 22.2 Å². The van der Waals surface area contributed by atoms with Crippen molar-refractivity contribution in [2.75, 3.05) is 0 Å². The van der Waals surface area contributed by atoms with Crippen LogP contribution in [0.15, 0.2) is 78.2 Å². The fourth-order valence-electron chi connectivity index (χ4n) is 3.05. The van der Waals surface area contributed by atoms with Crippen LogP contribution >= 0.6 is 0 Å². The Morgan fingerprint density at radius 1 is 1.00 bits per heavy atom. The predicted molar refractivity (Wildman–Crippen MR) is 97.8 cm³/mol. The Bertz CT molecular complexity index is 1040. The van der Waals surface area contributed by atoms with E-state index < -0.39 is 0 Å². The van der Waals surface area contributed by atoms with Crippen LogP contribution in [-0.4, -0.2) is 14.7 Å². The molecule has 0 radical (unpaired) electrons.